The molecule has 0 spiro atoms. The number of nitrogens with zero attached hydrogens (tertiary/aromatic N) is 5. The average Bonchev–Trinajstić information content (AvgIpc) is 3.16. The van der Waals surface area contributed by atoms with E-state index in [1.807, 2.05) is 23.6 Å². The summed E-state index contributed by atoms with van der Waals surface area (Å²) in [4.78, 5) is 17.5. The van der Waals surface area contributed by atoms with Crippen LogP contribution in [0.2, 0.25) is 0 Å². The second-order valence-electron chi connectivity index (χ2n) is 8.36. The van der Waals surface area contributed by atoms with Gasteiger partial charge in [0.15, 0.2) is 5.69 Å². The monoisotopic (exact) mass is 468 g/mol. The number of amides is 1. The molecule has 1 aromatic carbocycles. The normalized spacial score (nSPS) is 18.1. The van der Waals surface area contributed by atoms with Crippen LogP contribution >= 0.6 is 24.8 Å². The van der Waals surface area contributed by atoms with Crippen LogP contribution in [0.3, 0.4) is 0 Å². The van der Waals surface area contributed by atoms with Gasteiger partial charge in [-0.05, 0) is 51.3 Å². The molecule has 9 heteroatoms. The van der Waals surface area contributed by atoms with E-state index in [9.17, 15) is 4.79 Å². The fourth-order valence-electron chi connectivity index (χ4n) is 4.58. The molecule has 0 bridgehead atoms. The Balaban J connectivity index is 0.00000171. The molecule has 0 saturated carbocycles. The Kier molecular flexibility index (Phi) is 9.75. The number of hydrogen-bond donors (Lipinski definition) is 1. The lowest BCUT2D eigenvalue weighted by molar-refractivity contribution is 0.0630. The van der Waals surface area contributed by atoms with Crippen molar-refractivity contribution < 1.29 is 4.79 Å². The van der Waals surface area contributed by atoms with Gasteiger partial charge in [0, 0.05) is 32.7 Å². The summed E-state index contributed by atoms with van der Waals surface area (Å²) in [5, 5.41) is 12.0. The number of likely N-dealkylation sites (tertiary alicyclic amines) is 1. The minimum atomic E-state index is 0. The van der Waals surface area contributed by atoms with Crippen LogP contribution < -0.4 is 5.32 Å². The molecule has 172 valence electrons. The lowest BCUT2D eigenvalue weighted by Crippen LogP contribution is -2.45. The number of rotatable bonds is 5. The van der Waals surface area contributed by atoms with Crippen LogP contribution in [0.15, 0.2) is 30.3 Å². The van der Waals surface area contributed by atoms with E-state index in [-0.39, 0.29) is 36.8 Å². The fourth-order valence-corrected chi connectivity index (χ4v) is 4.58. The lowest BCUT2D eigenvalue weighted by atomic mass is 10.0. The van der Waals surface area contributed by atoms with E-state index in [0.717, 1.165) is 64.1 Å². The number of halogens is 2. The van der Waals surface area contributed by atoms with Crippen molar-refractivity contribution in [3.8, 4) is 0 Å². The van der Waals surface area contributed by atoms with Crippen LogP contribution in [0.4, 0.5) is 0 Å². The molecule has 0 aliphatic carbocycles. The van der Waals surface area contributed by atoms with Crippen LogP contribution in [-0.2, 0) is 6.54 Å². The van der Waals surface area contributed by atoms with Crippen molar-refractivity contribution in [1.29, 1.82) is 0 Å². The summed E-state index contributed by atoms with van der Waals surface area (Å²) >= 11 is 0. The first-order valence-electron chi connectivity index (χ1n) is 10.8. The van der Waals surface area contributed by atoms with Gasteiger partial charge in [-0.2, -0.15) is 0 Å². The molecule has 2 aliphatic rings. The van der Waals surface area contributed by atoms with E-state index in [1.165, 1.54) is 5.56 Å². The van der Waals surface area contributed by atoms with Gasteiger partial charge in [-0.1, -0.05) is 35.5 Å². The maximum absolute atomic E-state index is 13.1. The maximum atomic E-state index is 13.1. The molecular weight excluding hydrogens is 435 g/mol. The quantitative estimate of drug-likeness (QED) is 0.729. The minimum absolute atomic E-state index is 0. The highest BCUT2D eigenvalue weighted by Gasteiger charge is 2.30. The Bertz CT molecular complexity index is 817. The summed E-state index contributed by atoms with van der Waals surface area (Å²) in [6.45, 7) is 6.97. The van der Waals surface area contributed by atoms with Crippen molar-refractivity contribution in [2.45, 2.75) is 51.2 Å². The standard InChI is InChI=1S/C22H32N6O.2ClH/c1-17-21(24-25-28(17)20-8-12-23-13-9-20)22(29)26(2)19-10-14-27(15-11-19)16-18-6-4-3-5-7-18;;/h3-7,19-20,23H,8-16H2,1-2H3;2*1H. The van der Waals surface area contributed by atoms with Crippen molar-refractivity contribution in [2.24, 2.45) is 0 Å². The van der Waals surface area contributed by atoms with Crippen molar-refractivity contribution in [1.82, 2.24) is 30.1 Å². The zero-order valence-corrected chi connectivity index (χ0v) is 20.0. The molecule has 1 aromatic heterocycles. The number of benzene rings is 1. The van der Waals surface area contributed by atoms with Gasteiger partial charge in [-0.15, -0.1) is 29.9 Å². The predicted molar refractivity (Wildman–Crippen MR) is 127 cm³/mol. The van der Waals surface area contributed by atoms with Crippen LogP contribution in [0.25, 0.3) is 0 Å². The molecule has 2 fully saturated rings. The van der Waals surface area contributed by atoms with E-state index in [0.29, 0.717) is 11.7 Å². The summed E-state index contributed by atoms with van der Waals surface area (Å²) in [5.41, 5.74) is 2.76. The molecule has 1 amide bonds. The smallest absolute Gasteiger partial charge is 0.276 e. The molecular formula is C22H34Cl2N6O. The Labute approximate surface area is 197 Å². The van der Waals surface area contributed by atoms with Gasteiger partial charge in [0.1, 0.15) is 0 Å². The van der Waals surface area contributed by atoms with E-state index in [2.05, 4.69) is 50.9 Å². The lowest BCUT2D eigenvalue weighted by Gasteiger charge is -2.36. The van der Waals surface area contributed by atoms with Gasteiger partial charge in [0.05, 0.1) is 11.7 Å². The SMILES string of the molecule is Cc1c(C(=O)N(C)C2CCN(Cc3ccccc3)CC2)nnn1C1CCNCC1.Cl.Cl. The highest BCUT2D eigenvalue weighted by molar-refractivity contribution is 5.93. The molecule has 2 aromatic rings. The van der Waals surface area contributed by atoms with Gasteiger partial charge in [0.2, 0.25) is 0 Å². The van der Waals surface area contributed by atoms with Crippen LogP contribution in [0, 0.1) is 6.92 Å². The topological polar surface area (TPSA) is 66.3 Å². The van der Waals surface area contributed by atoms with Crippen LogP contribution in [0.1, 0.15) is 53.5 Å². The second kappa shape index (κ2) is 11.8. The van der Waals surface area contributed by atoms with Gasteiger partial charge in [-0.25, -0.2) is 4.68 Å². The van der Waals surface area contributed by atoms with Crippen LogP contribution in [0.5, 0.6) is 0 Å². The van der Waals surface area contributed by atoms with Crippen molar-refractivity contribution in [2.75, 3.05) is 33.2 Å². The zero-order valence-electron chi connectivity index (χ0n) is 18.4. The molecule has 3 heterocycles. The molecule has 2 saturated heterocycles. The summed E-state index contributed by atoms with van der Waals surface area (Å²) < 4.78 is 1.96. The van der Waals surface area contributed by atoms with Crippen molar-refractivity contribution >= 4 is 30.7 Å². The van der Waals surface area contributed by atoms with Gasteiger partial charge in [0.25, 0.3) is 5.91 Å². The van der Waals surface area contributed by atoms with Crippen LogP contribution in [-0.4, -0.2) is 70.0 Å². The third-order valence-corrected chi connectivity index (χ3v) is 6.46. The fraction of sp³-hybridized carbons (Fsp3) is 0.591. The van der Waals surface area contributed by atoms with Gasteiger partial charge >= 0.3 is 0 Å². The molecule has 2 aliphatic heterocycles. The number of piperidine rings is 2. The first kappa shape index (κ1) is 25.6. The summed E-state index contributed by atoms with van der Waals surface area (Å²) in [6.07, 6.45) is 4.06. The molecule has 7 nitrogen and oxygen atoms in total. The number of carbonyl (C=O) groups is 1. The molecule has 0 radical (unpaired) electrons. The first-order chi connectivity index (χ1) is 14.1. The highest BCUT2D eigenvalue weighted by Crippen LogP contribution is 2.23. The number of nitrogens with one attached hydrogen (secondary N) is 1. The largest absolute Gasteiger partial charge is 0.337 e. The predicted octanol–water partition coefficient (Wildman–Crippen LogP) is 3.09. The first-order valence-corrected chi connectivity index (χ1v) is 10.8. The molecule has 1 N–H and O–H groups in total. The minimum Gasteiger partial charge on any atom is -0.337 e. The number of hydrogen-bond acceptors (Lipinski definition) is 5. The van der Waals surface area contributed by atoms with Crippen molar-refractivity contribution in [3.63, 3.8) is 0 Å². The average molecular weight is 469 g/mol. The third-order valence-electron chi connectivity index (χ3n) is 6.46. The summed E-state index contributed by atoms with van der Waals surface area (Å²) in [5.74, 6) is 0.00388. The Morgan fingerprint density at radius 2 is 1.74 bits per heavy atom. The number of aromatic nitrogens is 3. The molecule has 0 atom stereocenters. The molecule has 4 rings (SSSR count). The summed E-state index contributed by atoms with van der Waals surface area (Å²) in [7, 11) is 1.92. The zero-order chi connectivity index (χ0) is 20.2. The Hall–Kier alpha value is -1.67. The van der Waals surface area contributed by atoms with E-state index >= 15 is 0 Å². The van der Waals surface area contributed by atoms with Crippen molar-refractivity contribution in [3.05, 3.63) is 47.3 Å². The van der Waals surface area contributed by atoms with Gasteiger partial charge in [-0.3, -0.25) is 9.69 Å². The third kappa shape index (κ3) is 5.98. The summed E-state index contributed by atoms with van der Waals surface area (Å²) in [6, 6.07) is 11.2. The second-order valence-corrected chi connectivity index (χ2v) is 8.36. The van der Waals surface area contributed by atoms with Gasteiger partial charge < -0.3 is 10.2 Å². The van der Waals surface area contributed by atoms with E-state index in [4.69, 9.17) is 0 Å². The van der Waals surface area contributed by atoms with E-state index < -0.39 is 0 Å². The Morgan fingerprint density at radius 3 is 2.39 bits per heavy atom. The molecule has 0 unspecified atom stereocenters. The molecule has 31 heavy (non-hydrogen) atoms. The Morgan fingerprint density at radius 1 is 1.10 bits per heavy atom. The van der Waals surface area contributed by atoms with E-state index in [1.54, 1.807) is 0 Å². The maximum Gasteiger partial charge on any atom is 0.276 e. The number of carbonyl (C=O) groups excluding carboxylic acids is 1. The highest BCUT2D eigenvalue weighted by atomic mass is 35.5.